The smallest absolute Gasteiger partial charge is 0.294 e. The molecular formula is C11H9ClN2O3. The van der Waals surface area contributed by atoms with E-state index in [4.69, 9.17) is 16.1 Å². The SMILES string of the molecule is Cc1cnoc1C(=O)Nc1ccc(O)c(Cl)c1. The number of phenolic OH excluding ortho intramolecular Hbond substituents is 1. The predicted octanol–water partition coefficient (Wildman–Crippen LogP) is 2.59. The first-order valence-corrected chi connectivity index (χ1v) is 5.17. The number of rotatable bonds is 2. The van der Waals surface area contributed by atoms with Gasteiger partial charge in [0.2, 0.25) is 5.76 Å². The first-order chi connectivity index (χ1) is 8.08. The zero-order valence-electron chi connectivity index (χ0n) is 8.90. The maximum absolute atomic E-state index is 11.7. The van der Waals surface area contributed by atoms with Crippen LogP contribution in [-0.4, -0.2) is 16.2 Å². The van der Waals surface area contributed by atoms with E-state index in [1.807, 2.05) is 0 Å². The van der Waals surface area contributed by atoms with Crippen molar-refractivity contribution in [2.24, 2.45) is 0 Å². The monoisotopic (exact) mass is 252 g/mol. The third-order valence-corrected chi connectivity index (χ3v) is 2.46. The number of aromatic nitrogens is 1. The Morgan fingerprint density at radius 3 is 2.88 bits per heavy atom. The van der Waals surface area contributed by atoms with Crippen molar-refractivity contribution in [3.63, 3.8) is 0 Å². The highest BCUT2D eigenvalue weighted by molar-refractivity contribution is 6.32. The van der Waals surface area contributed by atoms with Crippen molar-refractivity contribution in [1.82, 2.24) is 5.16 Å². The van der Waals surface area contributed by atoms with Crippen molar-refractivity contribution in [3.05, 3.63) is 40.7 Å². The van der Waals surface area contributed by atoms with Gasteiger partial charge in [0.25, 0.3) is 5.91 Å². The molecule has 0 unspecified atom stereocenters. The summed E-state index contributed by atoms with van der Waals surface area (Å²) in [7, 11) is 0. The van der Waals surface area contributed by atoms with Crippen LogP contribution in [-0.2, 0) is 0 Å². The van der Waals surface area contributed by atoms with Gasteiger partial charge >= 0.3 is 0 Å². The van der Waals surface area contributed by atoms with E-state index in [0.29, 0.717) is 11.3 Å². The number of halogens is 1. The minimum absolute atomic E-state index is 0.0412. The number of aromatic hydroxyl groups is 1. The highest BCUT2D eigenvalue weighted by atomic mass is 35.5. The lowest BCUT2D eigenvalue weighted by Gasteiger charge is -2.04. The summed E-state index contributed by atoms with van der Waals surface area (Å²) in [5.74, 6) is -0.309. The van der Waals surface area contributed by atoms with Gasteiger partial charge in [0.1, 0.15) is 5.75 Å². The van der Waals surface area contributed by atoms with Crippen LogP contribution < -0.4 is 5.32 Å². The molecule has 0 aliphatic heterocycles. The second kappa shape index (κ2) is 4.47. The average Bonchev–Trinajstić information content (AvgIpc) is 2.70. The molecule has 0 bridgehead atoms. The van der Waals surface area contributed by atoms with E-state index in [1.165, 1.54) is 24.4 Å². The van der Waals surface area contributed by atoms with Crippen molar-refractivity contribution >= 4 is 23.2 Å². The van der Waals surface area contributed by atoms with Crippen LogP contribution in [0.25, 0.3) is 0 Å². The fraction of sp³-hybridized carbons (Fsp3) is 0.0909. The molecule has 1 amide bonds. The Balaban J connectivity index is 2.19. The van der Waals surface area contributed by atoms with Gasteiger partial charge < -0.3 is 14.9 Å². The van der Waals surface area contributed by atoms with Gasteiger partial charge in [-0.15, -0.1) is 0 Å². The number of anilines is 1. The molecular weight excluding hydrogens is 244 g/mol. The van der Waals surface area contributed by atoms with Crippen LogP contribution in [0.15, 0.2) is 28.9 Å². The Morgan fingerprint density at radius 2 is 2.29 bits per heavy atom. The number of hydrogen-bond acceptors (Lipinski definition) is 4. The maximum Gasteiger partial charge on any atom is 0.294 e. The van der Waals surface area contributed by atoms with Crippen molar-refractivity contribution in [3.8, 4) is 5.75 Å². The summed E-state index contributed by atoms with van der Waals surface area (Å²) in [5, 5.41) is 15.5. The molecule has 0 spiro atoms. The molecule has 0 saturated carbocycles. The summed E-state index contributed by atoms with van der Waals surface area (Å²) in [6.07, 6.45) is 1.46. The van der Waals surface area contributed by atoms with Crippen molar-refractivity contribution in [2.45, 2.75) is 6.92 Å². The number of aryl methyl sites for hydroxylation is 1. The first kappa shape index (κ1) is 11.5. The molecule has 2 N–H and O–H groups in total. The third-order valence-electron chi connectivity index (χ3n) is 2.16. The first-order valence-electron chi connectivity index (χ1n) is 4.79. The standard InChI is InChI=1S/C11H9ClN2O3/c1-6-5-13-17-10(6)11(16)14-7-2-3-9(15)8(12)4-7/h2-5,15H,1H3,(H,14,16). The number of hydrogen-bond donors (Lipinski definition) is 2. The number of phenols is 1. The lowest BCUT2D eigenvalue weighted by atomic mass is 10.2. The van der Waals surface area contributed by atoms with E-state index >= 15 is 0 Å². The van der Waals surface area contributed by atoms with Crippen LogP contribution in [0.2, 0.25) is 5.02 Å². The van der Waals surface area contributed by atoms with E-state index < -0.39 is 5.91 Å². The quantitative estimate of drug-likeness (QED) is 0.806. The molecule has 0 saturated heterocycles. The summed E-state index contributed by atoms with van der Waals surface area (Å²) in [6, 6.07) is 4.37. The van der Waals surface area contributed by atoms with E-state index in [2.05, 4.69) is 10.5 Å². The summed E-state index contributed by atoms with van der Waals surface area (Å²) < 4.78 is 4.81. The zero-order chi connectivity index (χ0) is 12.4. The van der Waals surface area contributed by atoms with Crippen molar-refractivity contribution in [1.29, 1.82) is 0 Å². The molecule has 0 aliphatic carbocycles. The van der Waals surface area contributed by atoms with Gasteiger partial charge in [-0.3, -0.25) is 4.79 Å². The van der Waals surface area contributed by atoms with E-state index in [0.717, 1.165) is 0 Å². The van der Waals surface area contributed by atoms with Crippen LogP contribution in [0.5, 0.6) is 5.75 Å². The molecule has 1 heterocycles. The van der Waals surface area contributed by atoms with Gasteiger partial charge in [-0.1, -0.05) is 16.8 Å². The minimum atomic E-state index is -0.415. The minimum Gasteiger partial charge on any atom is -0.506 e. The third kappa shape index (κ3) is 2.39. The molecule has 1 aromatic heterocycles. The molecule has 0 radical (unpaired) electrons. The van der Waals surface area contributed by atoms with Crippen molar-refractivity contribution in [2.75, 3.05) is 5.32 Å². The normalized spacial score (nSPS) is 10.2. The lowest BCUT2D eigenvalue weighted by molar-refractivity contribution is 0.0987. The fourth-order valence-corrected chi connectivity index (χ4v) is 1.46. The predicted molar refractivity (Wildman–Crippen MR) is 62.3 cm³/mol. The van der Waals surface area contributed by atoms with E-state index in [-0.39, 0.29) is 16.5 Å². The summed E-state index contributed by atoms with van der Waals surface area (Å²) in [6.45, 7) is 1.72. The number of nitrogens with one attached hydrogen (secondary N) is 1. The van der Waals surface area contributed by atoms with Crippen LogP contribution in [0, 0.1) is 6.92 Å². The molecule has 0 aliphatic rings. The summed E-state index contributed by atoms with van der Waals surface area (Å²) in [5.41, 5.74) is 1.11. The van der Waals surface area contributed by atoms with Crippen LogP contribution in [0.3, 0.4) is 0 Å². The van der Waals surface area contributed by atoms with E-state index in [1.54, 1.807) is 6.92 Å². The van der Waals surface area contributed by atoms with Gasteiger partial charge in [-0.05, 0) is 25.1 Å². The molecule has 6 heteroatoms. The Bertz CT molecular complexity index is 566. The molecule has 0 fully saturated rings. The summed E-state index contributed by atoms with van der Waals surface area (Å²) >= 11 is 5.72. The van der Waals surface area contributed by atoms with Gasteiger partial charge in [-0.25, -0.2) is 0 Å². The van der Waals surface area contributed by atoms with Gasteiger partial charge in [0.05, 0.1) is 11.2 Å². The Kier molecular flexibility index (Phi) is 3.01. The van der Waals surface area contributed by atoms with Crippen molar-refractivity contribution < 1.29 is 14.4 Å². The maximum atomic E-state index is 11.7. The topological polar surface area (TPSA) is 75.4 Å². The van der Waals surface area contributed by atoms with E-state index in [9.17, 15) is 9.90 Å². The lowest BCUT2D eigenvalue weighted by Crippen LogP contribution is -2.11. The molecule has 2 rings (SSSR count). The van der Waals surface area contributed by atoms with Crippen LogP contribution >= 0.6 is 11.6 Å². The van der Waals surface area contributed by atoms with Crippen LogP contribution in [0.4, 0.5) is 5.69 Å². The Hall–Kier alpha value is -2.01. The molecule has 2 aromatic rings. The largest absolute Gasteiger partial charge is 0.506 e. The second-order valence-corrected chi connectivity index (χ2v) is 3.87. The highest BCUT2D eigenvalue weighted by Gasteiger charge is 2.14. The molecule has 0 atom stereocenters. The van der Waals surface area contributed by atoms with Gasteiger partial charge in [0.15, 0.2) is 0 Å². The molecule has 1 aromatic carbocycles. The van der Waals surface area contributed by atoms with Crippen LogP contribution in [0.1, 0.15) is 16.1 Å². The van der Waals surface area contributed by atoms with Gasteiger partial charge in [-0.2, -0.15) is 0 Å². The highest BCUT2D eigenvalue weighted by Crippen LogP contribution is 2.26. The fourth-order valence-electron chi connectivity index (χ4n) is 1.28. The Morgan fingerprint density at radius 1 is 1.53 bits per heavy atom. The molecule has 88 valence electrons. The molecule has 17 heavy (non-hydrogen) atoms. The number of amides is 1. The second-order valence-electron chi connectivity index (χ2n) is 3.46. The number of nitrogens with zero attached hydrogens (tertiary/aromatic N) is 1. The zero-order valence-corrected chi connectivity index (χ0v) is 9.65. The van der Waals surface area contributed by atoms with Gasteiger partial charge in [0, 0.05) is 11.3 Å². The number of carbonyl (C=O) groups excluding carboxylic acids is 1. The average molecular weight is 253 g/mol. The molecule has 5 nitrogen and oxygen atoms in total. The number of carbonyl (C=O) groups is 1. The Labute approximate surface area is 102 Å². The number of benzene rings is 1. The summed E-state index contributed by atoms with van der Waals surface area (Å²) in [4.78, 5) is 11.7.